The number of anilines is 1. The fourth-order valence-corrected chi connectivity index (χ4v) is 1.57. The number of hydrogen-bond donors (Lipinski definition) is 2. The molecule has 0 spiro atoms. The van der Waals surface area contributed by atoms with Gasteiger partial charge < -0.3 is 16.2 Å². The van der Waals surface area contributed by atoms with Gasteiger partial charge in [0.25, 0.3) is 0 Å². The van der Waals surface area contributed by atoms with Crippen molar-refractivity contribution >= 4 is 23.2 Å². The summed E-state index contributed by atoms with van der Waals surface area (Å²) in [6.07, 6.45) is -0.808. The van der Waals surface area contributed by atoms with Crippen LogP contribution in [-0.4, -0.2) is 27.2 Å². The number of nitrogens with two attached hydrogens (primary N) is 2. The number of carbonyl (C=O) groups excluding carboxylic acids is 1. The van der Waals surface area contributed by atoms with E-state index in [2.05, 4.69) is 14.7 Å². The largest absolute Gasteiger partial charge is 0.448 e. The van der Waals surface area contributed by atoms with Crippen LogP contribution in [0.1, 0.15) is 5.69 Å². The summed E-state index contributed by atoms with van der Waals surface area (Å²) in [5, 5.41) is 0. The van der Waals surface area contributed by atoms with Crippen molar-refractivity contribution in [1.29, 1.82) is 0 Å². The lowest BCUT2D eigenvalue weighted by Gasteiger charge is -2.05. The Labute approximate surface area is 97.4 Å². The van der Waals surface area contributed by atoms with E-state index in [1.807, 2.05) is 19.1 Å². The molecular weight excluding hydrogens is 222 g/mol. The molecule has 2 heterocycles. The second-order valence-electron chi connectivity index (χ2n) is 3.58. The fraction of sp³-hybridized carbons (Fsp3) is 0.300. The number of rotatable bonds is 3. The van der Waals surface area contributed by atoms with Crippen LogP contribution in [0.25, 0.3) is 11.2 Å². The smallest absolute Gasteiger partial charge is 0.404 e. The van der Waals surface area contributed by atoms with Crippen LogP contribution in [0.5, 0.6) is 0 Å². The summed E-state index contributed by atoms with van der Waals surface area (Å²) in [4.78, 5) is 19.0. The summed E-state index contributed by atoms with van der Waals surface area (Å²) < 4.78 is 6.34. The quantitative estimate of drug-likeness (QED) is 0.801. The molecule has 7 nitrogen and oxygen atoms in total. The lowest BCUT2D eigenvalue weighted by molar-refractivity contribution is 0.153. The van der Waals surface area contributed by atoms with Crippen molar-refractivity contribution in [2.45, 2.75) is 13.5 Å². The van der Waals surface area contributed by atoms with E-state index < -0.39 is 6.09 Å². The minimum Gasteiger partial charge on any atom is -0.448 e. The van der Waals surface area contributed by atoms with Crippen LogP contribution < -0.4 is 11.5 Å². The minimum atomic E-state index is -0.808. The number of ether oxygens (including phenoxy) is 1. The minimum absolute atomic E-state index is 0.139. The highest BCUT2D eigenvalue weighted by atomic mass is 16.5. The first-order valence-electron chi connectivity index (χ1n) is 5.09. The fourth-order valence-electron chi connectivity index (χ4n) is 1.57. The highest BCUT2D eigenvalue weighted by Crippen LogP contribution is 2.15. The first-order valence-corrected chi connectivity index (χ1v) is 5.09. The van der Waals surface area contributed by atoms with Gasteiger partial charge >= 0.3 is 6.09 Å². The van der Waals surface area contributed by atoms with Gasteiger partial charge in [-0.25, -0.2) is 14.8 Å². The molecule has 2 rings (SSSR count). The second-order valence-corrected chi connectivity index (χ2v) is 3.58. The Bertz CT molecular complexity index is 563. The third-order valence-corrected chi connectivity index (χ3v) is 2.32. The van der Waals surface area contributed by atoms with E-state index in [9.17, 15) is 4.79 Å². The van der Waals surface area contributed by atoms with Crippen molar-refractivity contribution < 1.29 is 9.53 Å². The number of hydrogen-bond acceptors (Lipinski definition) is 5. The third kappa shape index (κ3) is 2.27. The molecule has 0 aromatic carbocycles. The zero-order valence-corrected chi connectivity index (χ0v) is 9.38. The monoisotopic (exact) mass is 235 g/mol. The van der Waals surface area contributed by atoms with E-state index in [1.165, 1.54) is 0 Å². The van der Waals surface area contributed by atoms with Gasteiger partial charge in [0.05, 0.1) is 6.54 Å². The summed E-state index contributed by atoms with van der Waals surface area (Å²) >= 11 is 0. The SMILES string of the molecule is Cc1ccc2nc(N)n(CCOC(N)=O)c2n1. The van der Waals surface area contributed by atoms with Gasteiger partial charge in [-0.05, 0) is 19.1 Å². The maximum atomic E-state index is 10.5. The van der Waals surface area contributed by atoms with Crippen molar-refractivity contribution in [3.63, 3.8) is 0 Å². The molecule has 0 radical (unpaired) electrons. The summed E-state index contributed by atoms with van der Waals surface area (Å²) in [5.41, 5.74) is 12.9. The standard InChI is InChI=1S/C10H13N5O2/c1-6-2-3-7-8(13-6)15(9(11)14-7)4-5-17-10(12)16/h2-3H,4-5H2,1H3,(H2,11,14)(H2,12,16). The number of aryl methyl sites for hydroxylation is 1. The molecule has 0 aliphatic carbocycles. The van der Waals surface area contributed by atoms with Crippen LogP contribution in [-0.2, 0) is 11.3 Å². The van der Waals surface area contributed by atoms with Crippen molar-refractivity contribution in [2.75, 3.05) is 12.3 Å². The third-order valence-electron chi connectivity index (χ3n) is 2.32. The molecule has 0 atom stereocenters. The Morgan fingerprint density at radius 3 is 2.94 bits per heavy atom. The number of primary amides is 1. The average molecular weight is 235 g/mol. The highest BCUT2D eigenvalue weighted by molar-refractivity contribution is 5.74. The number of fused-ring (bicyclic) bond motifs is 1. The zero-order valence-electron chi connectivity index (χ0n) is 9.38. The normalized spacial score (nSPS) is 10.6. The van der Waals surface area contributed by atoms with Gasteiger partial charge in [-0.3, -0.25) is 4.57 Å². The molecule has 0 aliphatic heterocycles. The Hall–Kier alpha value is -2.31. The van der Waals surface area contributed by atoms with E-state index in [0.717, 1.165) is 5.69 Å². The van der Waals surface area contributed by atoms with Gasteiger partial charge in [0.1, 0.15) is 12.1 Å². The molecule has 7 heteroatoms. The molecule has 0 unspecified atom stereocenters. The number of aromatic nitrogens is 3. The van der Waals surface area contributed by atoms with Crippen LogP contribution >= 0.6 is 0 Å². The maximum Gasteiger partial charge on any atom is 0.404 e. The predicted octanol–water partition coefficient (Wildman–Crippen LogP) is 0.417. The van der Waals surface area contributed by atoms with E-state index in [1.54, 1.807) is 4.57 Å². The van der Waals surface area contributed by atoms with E-state index >= 15 is 0 Å². The lowest BCUT2D eigenvalue weighted by atomic mass is 10.3. The molecule has 2 aromatic heterocycles. The van der Waals surface area contributed by atoms with Gasteiger partial charge in [0.15, 0.2) is 5.65 Å². The average Bonchev–Trinajstić information content (AvgIpc) is 2.55. The first kappa shape index (κ1) is 11.2. The summed E-state index contributed by atoms with van der Waals surface area (Å²) in [6.45, 7) is 2.40. The second kappa shape index (κ2) is 4.28. The number of pyridine rings is 1. The van der Waals surface area contributed by atoms with Crippen molar-refractivity contribution in [3.05, 3.63) is 17.8 Å². The highest BCUT2D eigenvalue weighted by Gasteiger charge is 2.09. The Morgan fingerprint density at radius 2 is 2.24 bits per heavy atom. The van der Waals surface area contributed by atoms with Gasteiger partial charge in [0, 0.05) is 5.69 Å². The number of carbonyl (C=O) groups is 1. The molecule has 0 saturated heterocycles. The van der Waals surface area contributed by atoms with E-state index in [-0.39, 0.29) is 6.61 Å². The Balaban J connectivity index is 2.28. The van der Waals surface area contributed by atoms with Gasteiger partial charge in [-0.1, -0.05) is 0 Å². The lowest BCUT2D eigenvalue weighted by Crippen LogP contribution is -2.17. The molecule has 17 heavy (non-hydrogen) atoms. The van der Waals surface area contributed by atoms with Crippen molar-refractivity contribution in [2.24, 2.45) is 5.73 Å². The number of nitrogens with zero attached hydrogens (tertiary/aromatic N) is 3. The molecule has 2 aromatic rings. The van der Waals surface area contributed by atoms with Crippen LogP contribution in [0.15, 0.2) is 12.1 Å². The van der Waals surface area contributed by atoms with Crippen LogP contribution in [0.2, 0.25) is 0 Å². The molecular formula is C10H13N5O2. The van der Waals surface area contributed by atoms with Gasteiger partial charge in [-0.15, -0.1) is 0 Å². The molecule has 0 saturated carbocycles. The van der Waals surface area contributed by atoms with Crippen LogP contribution in [0.4, 0.5) is 10.7 Å². The van der Waals surface area contributed by atoms with Crippen molar-refractivity contribution in [1.82, 2.24) is 14.5 Å². The number of nitrogen functional groups attached to an aromatic ring is 1. The first-order chi connectivity index (χ1) is 8.08. The molecule has 0 bridgehead atoms. The molecule has 0 fully saturated rings. The summed E-state index contributed by atoms with van der Waals surface area (Å²) in [6, 6.07) is 3.71. The summed E-state index contributed by atoms with van der Waals surface area (Å²) in [5.74, 6) is 0.339. The Morgan fingerprint density at radius 1 is 1.47 bits per heavy atom. The molecule has 90 valence electrons. The van der Waals surface area contributed by atoms with Crippen LogP contribution in [0.3, 0.4) is 0 Å². The predicted molar refractivity (Wildman–Crippen MR) is 62.2 cm³/mol. The molecule has 4 N–H and O–H groups in total. The van der Waals surface area contributed by atoms with Gasteiger partial charge in [0.2, 0.25) is 5.95 Å². The molecule has 0 aliphatic rings. The number of amides is 1. The van der Waals surface area contributed by atoms with E-state index in [4.69, 9.17) is 11.5 Å². The maximum absolute atomic E-state index is 10.5. The Kier molecular flexibility index (Phi) is 2.82. The zero-order chi connectivity index (χ0) is 12.4. The van der Waals surface area contributed by atoms with Gasteiger partial charge in [-0.2, -0.15) is 0 Å². The number of imidazole rings is 1. The topological polar surface area (TPSA) is 109 Å². The van der Waals surface area contributed by atoms with E-state index in [0.29, 0.717) is 23.7 Å². The van der Waals surface area contributed by atoms with Crippen molar-refractivity contribution in [3.8, 4) is 0 Å². The molecule has 1 amide bonds. The van der Waals surface area contributed by atoms with Crippen LogP contribution in [0, 0.1) is 6.92 Å². The summed E-state index contributed by atoms with van der Waals surface area (Å²) in [7, 11) is 0.